The Kier molecular flexibility index (Phi) is 7.99. The summed E-state index contributed by atoms with van der Waals surface area (Å²) in [5.74, 6) is -3.10. The van der Waals surface area contributed by atoms with Crippen molar-refractivity contribution in [3.63, 3.8) is 0 Å². The number of hydrogen-bond acceptors (Lipinski definition) is 4. The summed E-state index contributed by atoms with van der Waals surface area (Å²) in [6.45, 7) is 9.10. The summed E-state index contributed by atoms with van der Waals surface area (Å²) < 4.78 is 33.0. The van der Waals surface area contributed by atoms with Gasteiger partial charge in [0.25, 0.3) is 0 Å². The molecular formula is C18H19ClF2N2O3. The normalized spacial score (nSPS) is 9.77. The number of nitrogens with zero attached hydrogens (tertiary/aromatic N) is 1. The van der Waals surface area contributed by atoms with Crippen molar-refractivity contribution < 1.29 is 18.4 Å². The van der Waals surface area contributed by atoms with Gasteiger partial charge in [0.2, 0.25) is 5.75 Å². The highest BCUT2D eigenvalue weighted by Gasteiger charge is 2.29. The van der Waals surface area contributed by atoms with Crippen LogP contribution in [0.5, 0.6) is 5.75 Å². The maximum Gasteiger partial charge on any atom is 0.337 e. The molecule has 0 heterocycles. The van der Waals surface area contributed by atoms with Gasteiger partial charge in [0, 0.05) is 6.07 Å². The minimum Gasteiger partial charge on any atom is -0.482 e. The molecule has 0 saturated carbocycles. The molecule has 140 valence electrons. The summed E-state index contributed by atoms with van der Waals surface area (Å²) in [4.78, 5) is 10.5. The molecule has 0 unspecified atom stereocenters. The number of hydrogen-bond donors (Lipinski definition) is 1. The lowest BCUT2D eigenvalue weighted by atomic mass is 10.2. The first-order valence-electron chi connectivity index (χ1n) is 7.78. The van der Waals surface area contributed by atoms with Crippen LogP contribution in [0.1, 0.15) is 19.4 Å². The Morgan fingerprint density at radius 3 is 2.54 bits per heavy atom. The van der Waals surface area contributed by atoms with Gasteiger partial charge < -0.3 is 10.1 Å². The minimum absolute atomic E-state index is 0.101. The van der Waals surface area contributed by atoms with E-state index >= 15 is 0 Å². The fraction of sp³-hybridized carbons (Fsp3) is 0.222. The maximum absolute atomic E-state index is 14.2. The van der Waals surface area contributed by atoms with Gasteiger partial charge in [-0.1, -0.05) is 44.2 Å². The molecule has 0 fully saturated rings. The van der Waals surface area contributed by atoms with E-state index in [1.54, 1.807) is 19.1 Å². The predicted molar refractivity (Wildman–Crippen MR) is 99.5 cm³/mol. The molecule has 0 radical (unpaired) electrons. The fourth-order valence-electron chi connectivity index (χ4n) is 2.00. The van der Waals surface area contributed by atoms with Gasteiger partial charge in [-0.05, 0) is 24.6 Å². The Morgan fingerprint density at radius 1 is 1.35 bits per heavy atom. The van der Waals surface area contributed by atoms with Gasteiger partial charge >= 0.3 is 5.69 Å². The summed E-state index contributed by atoms with van der Waals surface area (Å²) in [5, 5.41) is 14.0. The molecule has 0 amide bonds. The Bertz CT molecular complexity index is 814. The molecule has 0 atom stereocenters. The van der Waals surface area contributed by atoms with Gasteiger partial charge in [0.1, 0.15) is 6.61 Å². The van der Waals surface area contributed by atoms with Crippen molar-refractivity contribution >= 4 is 28.7 Å². The number of ether oxygens (including phenoxy) is 1. The third-order valence-corrected chi connectivity index (χ3v) is 3.39. The monoisotopic (exact) mass is 384 g/mol. The van der Waals surface area contributed by atoms with E-state index in [0.717, 1.165) is 5.56 Å². The van der Waals surface area contributed by atoms with Crippen LogP contribution < -0.4 is 10.1 Å². The maximum atomic E-state index is 14.2. The van der Waals surface area contributed by atoms with Crippen molar-refractivity contribution in [2.24, 2.45) is 0 Å². The van der Waals surface area contributed by atoms with E-state index in [2.05, 4.69) is 11.9 Å². The van der Waals surface area contributed by atoms with Gasteiger partial charge in [-0.15, -0.1) is 0 Å². The topological polar surface area (TPSA) is 64.4 Å². The second-order valence-corrected chi connectivity index (χ2v) is 5.27. The molecule has 8 heteroatoms. The Labute approximate surface area is 155 Å². The first-order valence-corrected chi connectivity index (χ1v) is 8.16. The predicted octanol–water partition coefficient (Wildman–Crippen LogP) is 6.17. The van der Waals surface area contributed by atoms with Gasteiger partial charge in [0.05, 0.1) is 15.6 Å². The lowest BCUT2D eigenvalue weighted by Gasteiger charge is -2.13. The smallest absolute Gasteiger partial charge is 0.337 e. The highest BCUT2D eigenvalue weighted by atomic mass is 35.5. The first-order chi connectivity index (χ1) is 12.3. The molecule has 0 saturated heterocycles. The quantitative estimate of drug-likeness (QED) is 0.367. The zero-order valence-corrected chi connectivity index (χ0v) is 15.4. The standard InChI is InChI=1S/C16H13ClF2N2O3.C2H6/c1-3-6-24-13-8-11(18)14(19)15(16(13)21(22)23)20-12-5-4-9(2)7-10(12)17;1-2/h3-5,7-8,20H,1,6H2,2H3;1-2H3. The molecule has 5 nitrogen and oxygen atoms in total. The highest BCUT2D eigenvalue weighted by Crippen LogP contribution is 2.41. The van der Waals surface area contributed by atoms with Crippen LogP contribution in [0.2, 0.25) is 5.02 Å². The molecule has 2 aromatic rings. The zero-order chi connectivity index (χ0) is 19.9. The molecule has 26 heavy (non-hydrogen) atoms. The minimum atomic E-state index is -1.40. The number of aryl methyl sites for hydroxylation is 1. The molecule has 0 aliphatic heterocycles. The lowest BCUT2D eigenvalue weighted by molar-refractivity contribution is -0.385. The largest absolute Gasteiger partial charge is 0.482 e. The average molecular weight is 385 g/mol. The van der Waals surface area contributed by atoms with Crippen LogP contribution in [-0.2, 0) is 0 Å². The number of nitro groups is 1. The number of nitrogens with one attached hydrogen (secondary N) is 1. The van der Waals surface area contributed by atoms with Crippen LogP contribution in [0.3, 0.4) is 0 Å². The van der Waals surface area contributed by atoms with E-state index < -0.39 is 33.7 Å². The summed E-state index contributed by atoms with van der Waals surface area (Å²) in [5.41, 5.74) is -0.350. The number of anilines is 2. The van der Waals surface area contributed by atoms with Crippen LogP contribution in [-0.4, -0.2) is 11.5 Å². The Morgan fingerprint density at radius 2 is 2.00 bits per heavy atom. The number of halogens is 3. The Balaban J connectivity index is 0.00000163. The summed E-state index contributed by atoms with van der Waals surface area (Å²) in [6, 6.07) is 5.39. The summed E-state index contributed by atoms with van der Waals surface area (Å²) in [6.07, 6.45) is 1.33. The van der Waals surface area contributed by atoms with Gasteiger partial charge in [-0.3, -0.25) is 10.1 Å². The van der Waals surface area contributed by atoms with Crippen LogP contribution in [0.4, 0.5) is 25.8 Å². The molecule has 0 aliphatic rings. The molecule has 0 spiro atoms. The van der Waals surface area contributed by atoms with E-state index in [-0.39, 0.29) is 17.3 Å². The van der Waals surface area contributed by atoms with Crippen molar-refractivity contribution in [1.29, 1.82) is 0 Å². The molecule has 2 rings (SSSR count). The van der Waals surface area contributed by atoms with E-state index in [1.165, 1.54) is 12.1 Å². The molecule has 1 N–H and O–H groups in total. The van der Waals surface area contributed by atoms with Crippen LogP contribution in [0.25, 0.3) is 0 Å². The van der Waals surface area contributed by atoms with Gasteiger partial charge in [-0.2, -0.15) is 0 Å². The van der Waals surface area contributed by atoms with Crippen molar-refractivity contribution in [2.45, 2.75) is 20.8 Å². The van der Waals surface area contributed by atoms with Crippen LogP contribution in [0.15, 0.2) is 36.9 Å². The van der Waals surface area contributed by atoms with Crippen molar-refractivity contribution in [3.8, 4) is 5.75 Å². The third-order valence-electron chi connectivity index (χ3n) is 3.08. The van der Waals surface area contributed by atoms with E-state index in [9.17, 15) is 18.9 Å². The van der Waals surface area contributed by atoms with Crippen LogP contribution in [0, 0.1) is 28.7 Å². The number of benzene rings is 2. The summed E-state index contributed by atoms with van der Waals surface area (Å²) in [7, 11) is 0. The first kappa shape index (κ1) is 21.4. The lowest BCUT2D eigenvalue weighted by Crippen LogP contribution is -2.06. The zero-order valence-electron chi connectivity index (χ0n) is 14.6. The average Bonchev–Trinajstić information content (AvgIpc) is 2.60. The fourth-order valence-corrected chi connectivity index (χ4v) is 2.29. The highest BCUT2D eigenvalue weighted by molar-refractivity contribution is 6.33. The number of nitro benzene ring substituents is 1. The van der Waals surface area contributed by atoms with Crippen molar-refractivity contribution in [3.05, 3.63) is 69.3 Å². The second-order valence-electron chi connectivity index (χ2n) is 4.86. The van der Waals surface area contributed by atoms with Gasteiger partial charge in [0.15, 0.2) is 17.3 Å². The van der Waals surface area contributed by atoms with Crippen molar-refractivity contribution in [2.75, 3.05) is 11.9 Å². The SMILES string of the molecule is C=CCOc1cc(F)c(F)c(Nc2ccc(C)cc2Cl)c1[N+](=O)[O-].CC. The molecule has 0 aromatic heterocycles. The van der Waals surface area contributed by atoms with Crippen molar-refractivity contribution in [1.82, 2.24) is 0 Å². The van der Waals surface area contributed by atoms with Gasteiger partial charge in [-0.25, -0.2) is 8.78 Å². The Hall–Kier alpha value is -2.67. The third kappa shape index (κ3) is 4.92. The second kappa shape index (κ2) is 9.72. The molecular weight excluding hydrogens is 366 g/mol. The molecule has 0 aliphatic carbocycles. The molecule has 2 aromatic carbocycles. The summed E-state index contributed by atoms with van der Waals surface area (Å²) >= 11 is 6.03. The van der Waals surface area contributed by atoms with E-state index in [0.29, 0.717) is 6.07 Å². The molecule has 0 bridgehead atoms. The van der Waals surface area contributed by atoms with E-state index in [4.69, 9.17) is 16.3 Å². The number of rotatable bonds is 6. The van der Waals surface area contributed by atoms with Crippen LogP contribution >= 0.6 is 11.6 Å². The van der Waals surface area contributed by atoms with E-state index in [1.807, 2.05) is 13.8 Å².